The Hall–Kier alpha value is -1.20. The number of aromatic nitrogens is 1. The summed E-state index contributed by atoms with van der Waals surface area (Å²) in [7, 11) is 0. The molecule has 1 saturated heterocycles. The Labute approximate surface area is 112 Å². The van der Waals surface area contributed by atoms with Crippen LogP contribution in [0.15, 0.2) is 18.3 Å². The number of pyridine rings is 1. The third-order valence-electron chi connectivity index (χ3n) is 3.81. The van der Waals surface area contributed by atoms with Crippen molar-refractivity contribution < 1.29 is 4.74 Å². The summed E-state index contributed by atoms with van der Waals surface area (Å²) in [5.74, 6) is 0. The average Bonchev–Trinajstić information content (AvgIpc) is 2.86. The zero-order chi connectivity index (χ0) is 12.5. The third kappa shape index (κ3) is 1.97. The summed E-state index contributed by atoms with van der Waals surface area (Å²) < 4.78 is 5.83. The molecule has 2 fully saturated rings. The lowest BCUT2D eigenvalue weighted by Crippen LogP contribution is -2.49. The van der Waals surface area contributed by atoms with Crippen molar-refractivity contribution in [2.45, 2.75) is 31.4 Å². The minimum Gasteiger partial charge on any atom is -0.388 e. The van der Waals surface area contributed by atoms with Crippen molar-refractivity contribution in [1.82, 2.24) is 4.98 Å². The maximum absolute atomic E-state index is 5.83. The number of hydrogen-bond acceptors (Lipinski definition) is 4. The number of nitrogens with two attached hydrogens (primary N) is 1. The number of anilines is 1. The molecule has 1 saturated carbocycles. The fourth-order valence-electron chi connectivity index (χ4n) is 3.04. The molecule has 18 heavy (non-hydrogen) atoms. The van der Waals surface area contributed by atoms with Gasteiger partial charge in [0.1, 0.15) is 10.7 Å². The lowest BCUT2D eigenvalue weighted by Gasteiger charge is -2.39. The molecule has 2 aliphatic rings. The van der Waals surface area contributed by atoms with Gasteiger partial charge in [0.25, 0.3) is 0 Å². The van der Waals surface area contributed by atoms with E-state index in [0.29, 0.717) is 17.1 Å². The van der Waals surface area contributed by atoms with Gasteiger partial charge in [0, 0.05) is 12.7 Å². The first-order chi connectivity index (χ1) is 8.77. The van der Waals surface area contributed by atoms with Gasteiger partial charge in [0.2, 0.25) is 0 Å². The first-order valence-electron chi connectivity index (χ1n) is 6.40. The standard InChI is InChI=1S/C13H17N3OS/c14-13(18)12-10(4-2-6-15-12)16-7-8-17-11-5-1-3-9(11)16/h2,4,6,9,11H,1,3,5,7-8H2,(H2,14,18). The minimum absolute atomic E-state index is 0.359. The van der Waals surface area contributed by atoms with Crippen LogP contribution in [0, 0.1) is 0 Å². The zero-order valence-corrected chi connectivity index (χ0v) is 11.0. The van der Waals surface area contributed by atoms with E-state index in [1.54, 1.807) is 6.20 Å². The highest BCUT2D eigenvalue weighted by Gasteiger charge is 2.37. The molecule has 2 N–H and O–H groups in total. The van der Waals surface area contributed by atoms with Crippen LogP contribution in [0.5, 0.6) is 0 Å². The molecular weight excluding hydrogens is 246 g/mol. The molecule has 0 radical (unpaired) electrons. The Kier molecular flexibility index (Phi) is 3.18. The fourth-order valence-corrected chi connectivity index (χ4v) is 3.20. The van der Waals surface area contributed by atoms with Gasteiger partial charge >= 0.3 is 0 Å². The predicted molar refractivity (Wildman–Crippen MR) is 74.8 cm³/mol. The van der Waals surface area contributed by atoms with Crippen molar-refractivity contribution in [1.29, 1.82) is 0 Å². The first kappa shape index (κ1) is 11.9. The van der Waals surface area contributed by atoms with Gasteiger partial charge in [-0.05, 0) is 31.4 Å². The van der Waals surface area contributed by atoms with Gasteiger partial charge in [-0.3, -0.25) is 4.98 Å². The van der Waals surface area contributed by atoms with Crippen LogP contribution in [0.3, 0.4) is 0 Å². The Morgan fingerprint density at radius 1 is 1.50 bits per heavy atom. The molecule has 96 valence electrons. The number of nitrogens with zero attached hydrogens (tertiary/aromatic N) is 2. The number of ether oxygens (including phenoxy) is 1. The topological polar surface area (TPSA) is 51.4 Å². The quantitative estimate of drug-likeness (QED) is 0.819. The molecule has 1 aromatic rings. The molecule has 2 heterocycles. The highest BCUT2D eigenvalue weighted by atomic mass is 32.1. The molecule has 0 bridgehead atoms. The van der Waals surface area contributed by atoms with Crippen LogP contribution in [0.2, 0.25) is 0 Å². The highest BCUT2D eigenvalue weighted by Crippen LogP contribution is 2.34. The molecule has 0 aromatic carbocycles. The van der Waals surface area contributed by atoms with Crippen molar-refractivity contribution in [3.63, 3.8) is 0 Å². The molecule has 0 amide bonds. The van der Waals surface area contributed by atoms with Crippen LogP contribution in [0.1, 0.15) is 25.0 Å². The summed E-state index contributed by atoms with van der Waals surface area (Å²) in [5.41, 5.74) is 7.57. The fraction of sp³-hybridized carbons (Fsp3) is 0.538. The Morgan fingerprint density at radius 3 is 3.22 bits per heavy atom. The number of fused-ring (bicyclic) bond motifs is 1. The van der Waals surface area contributed by atoms with Crippen molar-refractivity contribution in [2.24, 2.45) is 5.73 Å². The van der Waals surface area contributed by atoms with Gasteiger partial charge < -0.3 is 15.4 Å². The molecule has 2 atom stereocenters. The summed E-state index contributed by atoms with van der Waals surface area (Å²) >= 11 is 5.10. The molecular formula is C13H17N3OS. The zero-order valence-electron chi connectivity index (χ0n) is 10.2. The number of rotatable bonds is 2. The molecule has 4 nitrogen and oxygen atoms in total. The van der Waals surface area contributed by atoms with Crippen LogP contribution in [-0.2, 0) is 4.74 Å². The van der Waals surface area contributed by atoms with E-state index >= 15 is 0 Å². The summed E-state index contributed by atoms with van der Waals surface area (Å²) in [6.07, 6.45) is 5.66. The molecule has 1 aromatic heterocycles. The van der Waals surface area contributed by atoms with Crippen molar-refractivity contribution >= 4 is 22.9 Å². The van der Waals surface area contributed by atoms with E-state index < -0.39 is 0 Å². The van der Waals surface area contributed by atoms with Crippen molar-refractivity contribution in [3.05, 3.63) is 24.0 Å². The summed E-state index contributed by atoms with van der Waals surface area (Å²) in [5, 5.41) is 0. The third-order valence-corrected chi connectivity index (χ3v) is 4.00. The SMILES string of the molecule is NC(=S)c1ncccc1N1CCOC2CCCC21. The Balaban J connectivity index is 1.96. The number of hydrogen-bond donors (Lipinski definition) is 1. The Bertz CT molecular complexity index is 465. The van der Waals surface area contributed by atoms with Gasteiger partial charge in [-0.15, -0.1) is 0 Å². The van der Waals surface area contributed by atoms with E-state index in [1.165, 1.54) is 12.8 Å². The summed E-state index contributed by atoms with van der Waals surface area (Å²) in [6, 6.07) is 4.45. The van der Waals surface area contributed by atoms with E-state index in [9.17, 15) is 0 Å². The monoisotopic (exact) mass is 263 g/mol. The van der Waals surface area contributed by atoms with Crippen molar-refractivity contribution in [2.75, 3.05) is 18.1 Å². The van der Waals surface area contributed by atoms with E-state index in [0.717, 1.165) is 31.0 Å². The molecule has 1 aliphatic carbocycles. The molecule has 3 rings (SSSR count). The van der Waals surface area contributed by atoms with Crippen LogP contribution in [0.4, 0.5) is 5.69 Å². The molecule has 1 aliphatic heterocycles. The molecule has 2 unspecified atom stereocenters. The van der Waals surface area contributed by atoms with E-state index in [2.05, 4.69) is 16.0 Å². The second-order valence-electron chi connectivity index (χ2n) is 4.84. The average molecular weight is 263 g/mol. The second kappa shape index (κ2) is 4.82. The normalized spacial score (nSPS) is 27.0. The van der Waals surface area contributed by atoms with Gasteiger partial charge in [-0.1, -0.05) is 12.2 Å². The van der Waals surface area contributed by atoms with Crippen molar-refractivity contribution in [3.8, 4) is 0 Å². The predicted octanol–water partition coefficient (Wildman–Crippen LogP) is 1.47. The largest absolute Gasteiger partial charge is 0.388 e. The van der Waals surface area contributed by atoms with Gasteiger partial charge in [-0.25, -0.2) is 0 Å². The lowest BCUT2D eigenvalue weighted by molar-refractivity contribution is 0.0256. The second-order valence-corrected chi connectivity index (χ2v) is 5.28. The van der Waals surface area contributed by atoms with E-state index in [-0.39, 0.29) is 0 Å². The highest BCUT2D eigenvalue weighted by molar-refractivity contribution is 7.80. The van der Waals surface area contributed by atoms with Crippen LogP contribution in [0.25, 0.3) is 0 Å². The number of morpholine rings is 1. The summed E-state index contributed by atoms with van der Waals surface area (Å²) in [4.78, 5) is 7.06. The van der Waals surface area contributed by atoms with E-state index in [1.807, 2.05) is 6.07 Å². The first-order valence-corrected chi connectivity index (χ1v) is 6.81. The Morgan fingerprint density at radius 2 is 2.39 bits per heavy atom. The smallest absolute Gasteiger partial charge is 0.124 e. The van der Waals surface area contributed by atoms with Gasteiger partial charge in [0.15, 0.2) is 0 Å². The minimum atomic E-state index is 0.359. The van der Waals surface area contributed by atoms with Crippen LogP contribution < -0.4 is 10.6 Å². The van der Waals surface area contributed by atoms with E-state index in [4.69, 9.17) is 22.7 Å². The van der Waals surface area contributed by atoms with Crippen LogP contribution >= 0.6 is 12.2 Å². The van der Waals surface area contributed by atoms with Gasteiger partial charge in [-0.2, -0.15) is 0 Å². The maximum Gasteiger partial charge on any atom is 0.124 e. The maximum atomic E-state index is 5.83. The summed E-state index contributed by atoms with van der Waals surface area (Å²) in [6.45, 7) is 1.66. The molecule has 5 heteroatoms. The van der Waals surface area contributed by atoms with Gasteiger partial charge in [0.05, 0.1) is 24.4 Å². The lowest BCUT2D eigenvalue weighted by atomic mass is 10.1. The molecule has 0 spiro atoms. The van der Waals surface area contributed by atoms with Crippen LogP contribution in [-0.4, -0.2) is 35.3 Å². The number of thiocarbonyl (C=S) groups is 1.